The van der Waals surface area contributed by atoms with Crippen LogP contribution >= 0.6 is 50.7 Å². The fourth-order valence-electron chi connectivity index (χ4n) is 11.0. The van der Waals surface area contributed by atoms with Crippen LogP contribution in [0, 0.1) is 17.8 Å². The van der Waals surface area contributed by atoms with Crippen molar-refractivity contribution in [1.29, 1.82) is 0 Å². The summed E-state index contributed by atoms with van der Waals surface area (Å²) >= 11 is 22.1. The van der Waals surface area contributed by atoms with E-state index < -0.39 is 39.9 Å². The monoisotopic (exact) mass is 1430 g/mol. The minimum Gasteiger partial charge on any atom is -0.384 e. The van der Waals surface area contributed by atoms with Gasteiger partial charge in [0.1, 0.15) is 99.3 Å². The third kappa shape index (κ3) is 13.7. The molecule has 3 unspecified atom stereocenters. The normalized spacial score (nSPS) is 19.0. The van der Waals surface area contributed by atoms with Crippen LogP contribution < -0.4 is 64.9 Å². The van der Waals surface area contributed by atoms with E-state index in [9.17, 15) is 43.2 Å². The van der Waals surface area contributed by atoms with E-state index in [1.54, 1.807) is 75.9 Å². The second-order valence-corrected chi connectivity index (χ2v) is 25.6. The molecule has 494 valence electrons. The highest BCUT2D eigenvalue weighted by molar-refractivity contribution is 9.10. The van der Waals surface area contributed by atoms with Crippen LogP contribution in [-0.2, 0) is 31.4 Å². The molecule has 3 saturated carbocycles. The number of nitrogen functional groups attached to an aromatic ring is 1. The number of carbonyl (C=O) groups excluding carboxylic acids is 6. The minimum absolute atomic E-state index is 0.0254. The Morgan fingerprint density at radius 1 is 0.464 bits per heavy atom. The topological polar surface area (TPSA) is 394 Å². The molecule has 6 aliphatic rings. The molecular formula is C64H56BrCl3N20O9. The Kier molecular flexibility index (Phi) is 18.3. The van der Waals surface area contributed by atoms with Gasteiger partial charge in [-0.25, -0.2) is 29.9 Å². The van der Waals surface area contributed by atoms with Crippen molar-refractivity contribution in [2.75, 3.05) is 32.3 Å². The average Bonchev–Trinajstić information content (AvgIpc) is 1.61. The van der Waals surface area contributed by atoms with E-state index in [1.165, 1.54) is 63.0 Å². The standard InChI is InChI=1S/2C21H18ClN7O3.C14H10BrClN2O2.C8H10N4O/c2*1-21(12-4-6-23-7-5-12)28-19(31)17-13(22)8-14(20(32)29(17)21)26-15-9-16(25-10-24-15)27-18(30)11-2-3-11;1-14(8-5-3-2-4-6-8)17-12(19)11-10(16)7-9(15)13(20)18(11)14;9-6-3-7(11-4-10-6)12-8(13)5-1-2-5/h2*4-11H,2-3H2,1H3,(H,28,31)(H2,24,25,26,27,30);2-7H,1H3,(H,17,19);3-5H,1-2H2,(H3,9,10,11,12,13). The lowest BCUT2D eigenvalue weighted by molar-refractivity contribution is -0.118. The second-order valence-electron chi connectivity index (χ2n) is 23.5. The van der Waals surface area contributed by atoms with Gasteiger partial charge in [0.05, 0.1) is 19.5 Å². The van der Waals surface area contributed by atoms with E-state index in [2.05, 4.69) is 98.3 Å². The third-order valence-electron chi connectivity index (χ3n) is 16.4. The van der Waals surface area contributed by atoms with Gasteiger partial charge in [-0.15, -0.1) is 0 Å². The van der Waals surface area contributed by atoms with Crippen LogP contribution in [0.25, 0.3) is 0 Å². The number of fused-ring (bicyclic) bond motifs is 3. The molecule has 11 heterocycles. The minimum atomic E-state index is -1.15. The summed E-state index contributed by atoms with van der Waals surface area (Å²) < 4.78 is 4.38. The predicted molar refractivity (Wildman–Crippen MR) is 362 cm³/mol. The average molecular weight is 1440 g/mol. The van der Waals surface area contributed by atoms with Gasteiger partial charge in [0.15, 0.2) is 0 Å². The number of hydrogen-bond acceptors (Lipinski definition) is 20. The lowest BCUT2D eigenvalue weighted by atomic mass is 10.0. The number of rotatable bonds is 13. The summed E-state index contributed by atoms with van der Waals surface area (Å²) in [6.45, 7) is 5.21. The van der Waals surface area contributed by atoms with Crippen molar-refractivity contribution in [3.05, 3.63) is 219 Å². The number of nitrogens with two attached hydrogens (primary N) is 1. The summed E-state index contributed by atoms with van der Waals surface area (Å²) in [4.78, 5) is 144. The van der Waals surface area contributed by atoms with Gasteiger partial charge >= 0.3 is 0 Å². The number of nitrogens with one attached hydrogen (secondary N) is 8. The molecule has 3 fully saturated rings. The quantitative estimate of drug-likeness (QED) is 0.0535. The van der Waals surface area contributed by atoms with Crippen LogP contribution in [0.2, 0.25) is 15.1 Å². The van der Waals surface area contributed by atoms with Gasteiger partial charge < -0.3 is 48.3 Å². The first-order valence-corrected chi connectivity index (χ1v) is 31.9. The molecule has 3 aliphatic carbocycles. The molecule has 15 rings (SSSR count). The maximum absolute atomic E-state index is 13.4. The van der Waals surface area contributed by atoms with Gasteiger partial charge in [0.25, 0.3) is 34.4 Å². The summed E-state index contributed by atoms with van der Waals surface area (Å²) in [6.07, 6.45) is 15.7. The zero-order chi connectivity index (χ0) is 68.7. The van der Waals surface area contributed by atoms with E-state index in [4.69, 9.17) is 40.5 Å². The van der Waals surface area contributed by atoms with Gasteiger partial charge in [-0.05, 0) is 123 Å². The Morgan fingerprint density at radius 2 is 0.794 bits per heavy atom. The molecular weight excluding hydrogens is 1380 g/mol. The maximum atomic E-state index is 13.4. The van der Waals surface area contributed by atoms with E-state index in [1.807, 2.05) is 30.3 Å². The Morgan fingerprint density at radius 3 is 1.16 bits per heavy atom. The zero-order valence-electron chi connectivity index (χ0n) is 51.4. The molecule has 0 spiro atoms. The summed E-state index contributed by atoms with van der Waals surface area (Å²) in [6, 6.07) is 25.0. The van der Waals surface area contributed by atoms with Gasteiger partial charge in [0.2, 0.25) is 17.7 Å². The molecule has 8 aromatic heterocycles. The van der Waals surface area contributed by atoms with Crippen LogP contribution in [0.5, 0.6) is 0 Å². The van der Waals surface area contributed by atoms with Crippen LogP contribution in [0.1, 0.15) is 107 Å². The van der Waals surface area contributed by atoms with Crippen molar-refractivity contribution in [2.45, 2.75) is 76.3 Å². The highest BCUT2D eigenvalue weighted by atomic mass is 79.9. The molecule has 0 radical (unpaired) electrons. The highest BCUT2D eigenvalue weighted by Gasteiger charge is 2.46. The van der Waals surface area contributed by atoms with Crippen LogP contribution in [0.4, 0.5) is 46.3 Å². The van der Waals surface area contributed by atoms with Crippen molar-refractivity contribution in [3.8, 4) is 0 Å². The van der Waals surface area contributed by atoms with Crippen LogP contribution in [0.3, 0.4) is 0 Å². The second kappa shape index (κ2) is 26.8. The van der Waals surface area contributed by atoms with Crippen LogP contribution in [0.15, 0.2) is 154 Å². The van der Waals surface area contributed by atoms with Crippen molar-refractivity contribution < 1.29 is 28.8 Å². The molecule has 10 N–H and O–H groups in total. The number of nitrogens with zero attached hydrogens (tertiary/aromatic N) is 11. The highest BCUT2D eigenvalue weighted by Crippen LogP contribution is 2.38. The first kappa shape index (κ1) is 66.2. The summed E-state index contributed by atoms with van der Waals surface area (Å²) in [5, 5.41) is 23.0. The molecule has 0 saturated heterocycles. The Balaban J connectivity index is 0.000000130. The summed E-state index contributed by atoms with van der Waals surface area (Å²) in [5.74, 6) is 0.887. The number of anilines is 8. The Labute approximate surface area is 573 Å². The molecule has 1 aromatic carbocycles. The molecule has 3 aliphatic heterocycles. The fraction of sp³-hybridized carbons (Fsp3) is 0.234. The van der Waals surface area contributed by atoms with Gasteiger partial charge in [-0.1, -0.05) is 65.1 Å². The fourth-order valence-corrected chi connectivity index (χ4v) is 12.3. The number of aromatic nitrogens is 11. The molecule has 29 nitrogen and oxygen atoms in total. The first-order chi connectivity index (χ1) is 46.4. The number of halogens is 4. The van der Waals surface area contributed by atoms with Crippen LogP contribution in [-0.4, -0.2) is 89.0 Å². The number of amides is 6. The van der Waals surface area contributed by atoms with Crippen molar-refractivity contribution in [2.24, 2.45) is 17.8 Å². The maximum Gasteiger partial charge on any atom is 0.277 e. The van der Waals surface area contributed by atoms with Crippen molar-refractivity contribution in [1.82, 2.24) is 69.5 Å². The van der Waals surface area contributed by atoms with Gasteiger partial charge in [-0.2, -0.15) is 0 Å². The first-order valence-electron chi connectivity index (χ1n) is 30.0. The number of carbonyl (C=O) groups is 6. The largest absolute Gasteiger partial charge is 0.384 e. The number of hydrogen-bond donors (Lipinski definition) is 9. The predicted octanol–water partition coefficient (Wildman–Crippen LogP) is 7.62. The Bertz CT molecular complexity index is 4670. The SMILES string of the molecule is CC1(c2ccccc2)NC(=O)c2c(Cl)cc(Br)c(=O)n21.CC1(c2ccncc2)NC(=O)c2c(Cl)cc(Nc3cc(NC(=O)C4CC4)ncn3)c(=O)n21.CC1(c2ccncc2)NC(=O)c2c(Cl)cc(Nc3cc(NC(=O)C4CC4)ncn3)c(=O)n21.Nc1cc(NC(=O)C2CC2)ncn1. The number of benzene rings is 1. The van der Waals surface area contributed by atoms with Crippen molar-refractivity contribution in [3.63, 3.8) is 0 Å². The van der Waals surface area contributed by atoms with Gasteiger partial charge in [-0.3, -0.25) is 66.8 Å². The summed E-state index contributed by atoms with van der Waals surface area (Å²) in [7, 11) is 0. The molecule has 3 atom stereocenters. The lowest BCUT2D eigenvalue weighted by Crippen LogP contribution is -2.46. The van der Waals surface area contributed by atoms with Gasteiger partial charge in [0, 0.05) is 71.9 Å². The molecule has 0 bridgehead atoms. The van der Waals surface area contributed by atoms with Crippen molar-refractivity contribution >= 4 is 132 Å². The van der Waals surface area contributed by atoms with E-state index in [0.717, 1.165) is 44.1 Å². The molecule has 33 heteroatoms. The number of pyridine rings is 5. The molecule has 9 aromatic rings. The zero-order valence-corrected chi connectivity index (χ0v) is 55.2. The summed E-state index contributed by atoms with van der Waals surface area (Å²) in [5.41, 5.74) is 3.66. The molecule has 6 amide bonds. The molecule has 97 heavy (non-hydrogen) atoms. The smallest absolute Gasteiger partial charge is 0.277 e. The third-order valence-corrected chi connectivity index (χ3v) is 17.9. The van der Waals surface area contributed by atoms with E-state index in [-0.39, 0.29) is 90.5 Å². The lowest BCUT2D eigenvalue weighted by Gasteiger charge is -2.28. The van der Waals surface area contributed by atoms with E-state index >= 15 is 0 Å². The van der Waals surface area contributed by atoms with E-state index in [0.29, 0.717) is 50.5 Å². The Hall–Kier alpha value is -10.8.